The molecule has 0 aromatic carbocycles. The lowest BCUT2D eigenvalue weighted by Crippen LogP contribution is -2.56. The standard InChI is InChI=1S/C11H17BrO2/c1-3-8(2)11(13)9(12)5-4-6-10(11)7-14-10/h3,9,13H,4-7H2,1-2H3/b8-3+. The predicted molar refractivity (Wildman–Crippen MR) is 59.6 cm³/mol. The van der Waals surface area contributed by atoms with E-state index in [2.05, 4.69) is 15.9 Å². The summed E-state index contributed by atoms with van der Waals surface area (Å²) >= 11 is 3.60. The van der Waals surface area contributed by atoms with Crippen molar-refractivity contribution in [2.24, 2.45) is 0 Å². The van der Waals surface area contributed by atoms with Gasteiger partial charge >= 0.3 is 0 Å². The first kappa shape index (κ1) is 10.7. The molecule has 80 valence electrons. The zero-order chi connectivity index (χ0) is 10.4. The molecule has 1 saturated heterocycles. The van der Waals surface area contributed by atoms with Crippen molar-refractivity contribution in [2.45, 2.75) is 49.1 Å². The Labute approximate surface area is 93.5 Å². The van der Waals surface area contributed by atoms with Gasteiger partial charge in [0.25, 0.3) is 0 Å². The minimum Gasteiger partial charge on any atom is -0.381 e. The molecular formula is C11H17BrO2. The average Bonchev–Trinajstić information content (AvgIpc) is 2.94. The second kappa shape index (κ2) is 3.32. The van der Waals surface area contributed by atoms with Crippen molar-refractivity contribution in [3.05, 3.63) is 11.6 Å². The van der Waals surface area contributed by atoms with Crippen molar-refractivity contribution >= 4 is 15.9 Å². The molecule has 1 heterocycles. The Morgan fingerprint density at radius 3 is 2.79 bits per heavy atom. The Morgan fingerprint density at radius 1 is 1.64 bits per heavy atom. The fraction of sp³-hybridized carbons (Fsp3) is 0.818. The highest BCUT2D eigenvalue weighted by Gasteiger charge is 2.65. The predicted octanol–water partition coefficient (Wildman–Crippen LogP) is 2.40. The van der Waals surface area contributed by atoms with E-state index in [1.54, 1.807) is 0 Å². The van der Waals surface area contributed by atoms with Crippen molar-refractivity contribution < 1.29 is 9.84 Å². The Kier molecular flexibility index (Phi) is 2.53. The molecule has 2 nitrogen and oxygen atoms in total. The van der Waals surface area contributed by atoms with Gasteiger partial charge in [-0.25, -0.2) is 0 Å². The van der Waals surface area contributed by atoms with Crippen LogP contribution in [0.3, 0.4) is 0 Å². The van der Waals surface area contributed by atoms with Gasteiger partial charge in [-0.2, -0.15) is 0 Å². The molecule has 1 aliphatic carbocycles. The molecule has 1 aliphatic heterocycles. The molecule has 1 spiro atoms. The molecule has 1 saturated carbocycles. The maximum Gasteiger partial charge on any atom is 0.129 e. The highest BCUT2D eigenvalue weighted by atomic mass is 79.9. The first-order valence-electron chi connectivity index (χ1n) is 5.20. The molecule has 2 aliphatic rings. The van der Waals surface area contributed by atoms with E-state index in [9.17, 15) is 5.11 Å². The highest BCUT2D eigenvalue weighted by Crippen LogP contribution is 2.53. The number of hydrogen-bond acceptors (Lipinski definition) is 2. The lowest BCUT2D eigenvalue weighted by Gasteiger charge is -2.43. The normalized spacial score (nSPS) is 48.3. The maximum atomic E-state index is 10.8. The number of hydrogen-bond donors (Lipinski definition) is 1. The minimum absolute atomic E-state index is 0.127. The third kappa shape index (κ3) is 1.22. The topological polar surface area (TPSA) is 32.8 Å². The lowest BCUT2D eigenvalue weighted by molar-refractivity contribution is -0.0284. The molecule has 1 N–H and O–H groups in total. The summed E-state index contributed by atoms with van der Waals surface area (Å²) in [5.41, 5.74) is -0.0488. The van der Waals surface area contributed by atoms with E-state index in [0.29, 0.717) is 6.61 Å². The molecule has 14 heavy (non-hydrogen) atoms. The van der Waals surface area contributed by atoms with E-state index in [4.69, 9.17) is 4.74 Å². The molecule has 0 bridgehead atoms. The summed E-state index contributed by atoms with van der Waals surface area (Å²) < 4.78 is 5.53. The van der Waals surface area contributed by atoms with Crippen LogP contribution in [0.1, 0.15) is 33.1 Å². The zero-order valence-electron chi connectivity index (χ0n) is 8.72. The SMILES string of the molecule is C/C=C(\C)C1(O)C(Br)CCCC12CO2. The van der Waals surface area contributed by atoms with E-state index in [-0.39, 0.29) is 10.4 Å². The van der Waals surface area contributed by atoms with Crippen molar-refractivity contribution in [1.29, 1.82) is 0 Å². The van der Waals surface area contributed by atoms with Gasteiger partial charge in [0.1, 0.15) is 11.2 Å². The molecule has 2 fully saturated rings. The van der Waals surface area contributed by atoms with Crippen LogP contribution >= 0.6 is 15.9 Å². The Bertz CT molecular complexity index is 270. The number of ether oxygens (including phenoxy) is 1. The van der Waals surface area contributed by atoms with Gasteiger partial charge < -0.3 is 9.84 Å². The molecule has 3 heteroatoms. The molecule has 3 atom stereocenters. The van der Waals surface area contributed by atoms with Gasteiger partial charge in [0, 0.05) is 0 Å². The summed E-state index contributed by atoms with van der Waals surface area (Å²) in [6, 6.07) is 0. The van der Waals surface area contributed by atoms with Crippen molar-refractivity contribution in [1.82, 2.24) is 0 Å². The van der Waals surface area contributed by atoms with Crippen LogP contribution in [0.25, 0.3) is 0 Å². The van der Waals surface area contributed by atoms with Crippen LogP contribution in [-0.4, -0.2) is 27.7 Å². The summed E-state index contributed by atoms with van der Waals surface area (Å²) in [4.78, 5) is 0.127. The second-order valence-corrected chi connectivity index (χ2v) is 5.49. The fourth-order valence-corrected chi connectivity index (χ4v) is 3.63. The minimum atomic E-state index is -0.792. The summed E-state index contributed by atoms with van der Waals surface area (Å²) in [5.74, 6) is 0. The third-order valence-electron chi connectivity index (χ3n) is 3.71. The summed E-state index contributed by atoms with van der Waals surface area (Å²) in [5, 5.41) is 10.8. The number of halogens is 1. The number of aliphatic hydroxyl groups is 1. The van der Waals surface area contributed by atoms with Gasteiger partial charge in [0.15, 0.2) is 0 Å². The van der Waals surface area contributed by atoms with Gasteiger partial charge in [0.05, 0.1) is 11.4 Å². The number of allylic oxidation sites excluding steroid dienone is 1. The molecule has 0 aromatic rings. The Hall–Kier alpha value is 0.140. The second-order valence-electron chi connectivity index (χ2n) is 4.38. The molecule has 0 aromatic heterocycles. The number of alkyl halides is 1. The van der Waals surface area contributed by atoms with E-state index >= 15 is 0 Å². The quantitative estimate of drug-likeness (QED) is 0.446. The van der Waals surface area contributed by atoms with Crippen molar-refractivity contribution in [2.75, 3.05) is 6.61 Å². The first-order valence-corrected chi connectivity index (χ1v) is 6.12. The van der Waals surface area contributed by atoms with Crippen LogP contribution in [0, 0.1) is 0 Å². The highest BCUT2D eigenvalue weighted by molar-refractivity contribution is 9.09. The van der Waals surface area contributed by atoms with Crippen LogP contribution in [0.4, 0.5) is 0 Å². The summed E-state index contributed by atoms with van der Waals surface area (Å²) in [7, 11) is 0. The van der Waals surface area contributed by atoms with Crippen molar-refractivity contribution in [3.63, 3.8) is 0 Å². The average molecular weight is 261 g/mol. The monoisotopic (exact) mass is 260 g/mol. The van der Waals surface area contributed by atoms with Gasteiger partial charge in [-0.15, -0.1) is 0 Å². The largest absolute Gasteiger partial charge is 0.381 e. The van der Waals surface area contributed by atoms with Crippen LogP contribution in [0.5, 0.6) is 0 Å². The maximum absolute atomic E-state index is 10.8. The molecule has 2 rings (SSSR count). The lowest BCUT2D eigenvalue weighted by atomic mass is 9.71. The molecule has 0 radical (unpaired) electrons. The fourth-order valence-electron chi connectivity index (χ4n) is 2.53. The zero-order valence-corrected chi connectivity index (χ0v) is 10.3. The van der Waals surface area contributed by atoms with E-state index < -0.39 is 5.60 Å². The third-order valence-corrected chi connectivity index (χ3v) is 4.83. The van der Waals surface area contributed by atoms with Crippen LogP contribution in [0.2, 0.25) is 0 Å². The molecule has 0 amide bonds. The Balaban J connectivity index is 2.36. The molecular weight excluding hydrogens is 244 g/mol. The summed E-state index contributed by atoms with van der Waals surface area (Å²) in [6.45, 7) is 4.66. The Morgan fingerprint density at radius 2 is 2.29 bits per heavy atom. The smallest absolute Gasteiger partial charge is 0.129 e. The van der Waals surface area contributed by atoms with Gasteiger partial charge in [-0.1, -0.05) is 22.0 Å². The first-order chi connectivity index (χ1) is 6.57. The van der Waals surface area contributed by atoms with Gasteiger partial charge in [-0.3, -0.25) is 0 Å². The van der Waals surface area contributed by atoms with Crippen molar-refractivity contribution in [3.8, 4) is 0 Å². The number of rotatable bonds is 1. The number of epoxide rings is 1. The van der Waals surface area contributed by atoms with E-state index in [0.717, 1.165) is 24.8 Å². The van der Waals surface area contributed by atoms with Crippen LogP contribution in [-0.2, 0) is 4.74 Å². The van der Waals surface area contributed by atoms with E-state index in [1.807, 2.05) is 19.9 Å². The van der Waals surface area contributed by atoms with Gasteiger partial charge in [0.2, 0.25) is 0 Å². The van der Waals surface area contributed by atoms with E-state index in [1.165, 1.54) is 0 Å². The van der Waals surface area contributed by atoms with Crippen LogP contribution < -0.4 is 0 Å². The summed E-state index contributed by atoms with van der Waals surface area (Å²) in [6.07, 6.45) is 5.13. The molecule has 3 unspecified atom stereocenters. The van der Waals surface area contributed by atoms with Crippen LogP contribution in [0.15, 0.2) is 11.6 Å². The van der Waals surface area contributed by atoms with Gasteiger partial charge in [-0.05, 0) is 38.7 Å².